The molecule has 0 aliphatic heterocycles. The highest BCUT2D eigenvalue weighted by atomic mass is 16.3. The van der Waals surface area contributed by atoms with Crippen molar-refractivity contribution in [2.75, 3.05) is 0 Å². The molecule has 3 heteroatoms. The van der Waals surface area contributed by atoms with Crippen LogP contribution in [0.4, 0.5) is 0 Å². The van der Waals surface area contributed by atoms with Gasteiger partial charge < -0.3 is 13.6 Å². The minimum absolute atomic E-state index is 0.945. The molecule has 2 aliphatic rings. The molecular formula is C60H46N2O. The van der Waals surface area contributed by atoms with Crippen LogP contribution in [0.2, 0.25) is 0 Å². The van der Waals surface area contributed by atoms with Gasteiger partial charge in [-0.3, -0.25) is 0 Å². The zero-order chi connectivity index (χ0) is 42.0. The van der Waals surface area contributed by atoms with Crippen LogP contribution in [-0.4, -0.2) is 9.13 Å². The van der Waals surface area contributed by atoms with Crippen LogP contribution in [0.3, 0.4) is 0 Å². The lowest BCUT2D eigenvalue weighted by molar-refractivity contribution is 0.512. The second-order valence-corrected chi connectivity index (χ2v) is 17.0. The zero-order valence-corrected chi connectivity index (χ0v) is 35.6. The third kappa shape index (κ3) is 6.18. The van der Waals surface area contributed by atoms with E-state index < -0.39 is 0 Å². The van der Waals surface area contributed by atoms with E-state index >= 15 is 0 Å². The minimum Gasteiger partial charge on any atom is -0.455 e. The number of benzene rings is 7. The molecule has 0 N–H and O–H groups in total. The van der Waals surface area contributed by atoms with Gasteiger partial charge in [0, 0.05) is 43.9 Å². The first-order chi connectivity index (χ1) is 31.1. The van der Waals surface area contributed by atoms with Crippen molar-refractivity contribution in [2.24, 2.45) is 0 Å². The lowest BCUT2D eigenvalue weighted by atomic mass is 9.92. The molecule has 0 atom stereocenters. The zero-order valence-electron chi connectivity index (χ0n) is 35.6. The van der Waals surface area contributed by atoms with Crippen molar-refractivity contribution in [3.63, 3.8) is 0 Å². The number of furan rings is 1. The Hall–Kier alpha value is -7.62. The van der Waals surface area contributed by atoms with Crippen molar-refractivity contribution < 1.29 is 4.42 Å². The Bertz CT molecular complexity index is 3610. The SMILES string of the molecule is C/C=c1/c2c(o/c1=C(/C)n1c3ccccc3c3ccc(-c4cc(-c5ccccc5)cc(-c5ccc6c(c5)c5c(n6-c6ccc(-c7ccccc7)cc6)CCC=C5)c4)cc31)C=CCC2. The molecule has 0 spiro atoms. The second-order valence-electron chi connectivity index (χ2n) is 17.0. The van der Waals surface area contributed by atoms with E-state index in [4.69, 9.17) is 4.42 Å². The molecule has 0 saturated heterocycles. The standard InChI is InChI=1S/C60H46N2O/c1-3-49-53-22-12-15-25-59(53)63-60(49)39(2)61-55-23-13-10-20-50(55)52-32-28-44(38-58(52)61)47-35-45(41-18-8-5-9-19-41)34-46(36-47)43-29-33-57-54(37-43)51-21-11-14-24-56(51)62(57)48-30-26-42(27-31-48)40-16-6-4-7-17-40/h3-11,13,15-21,23,25-38H,12,14,22,24H2,1-2H3/b49-3-,60-39-. The predicted molar refractivity (Wildman–Crippen MR) is 265 cm³/mol. The monoisotopic (exact) mass is 810 g/mol. The van der Waals surface area contributed by atoms with Crippen molar-refractivity contribution in [3.8, 4) is 50.2 Å². The summed E-state index contributed by atoms with van der Waals surface area (Å²) < 4.78 is 11.6. The van der Waals surface area contributed by atoms with Crippen LogP contribution in [0.5, 0.6) is 0 Å². The number of fused-ring (bicyclic) bond motifs is 7. The summed E-state index contributed by atoms with van der Waals surface area (Å²) in [6.45, 7) is 4.34. The Balaban J connectivity index is 1.03. The van der Waals surface area contributed by atoms with E-state index in [-0.39, 0.29) is 0 Å². The van der Waals surface area contributed by atoms with Gasteiger partial charge in [-0.05, 0) is 145 Å². The molecule has 0 unspecified atom stereocenters. The fourth-order valence-electron chi connectivity index (χ4n) is 10.4. The largest absolute Gasteiger partial charge is 0.455 e. The van der Waals surface area contributed by atoms with Crippen LogP contribution < -0.4 is 10.6 Å². The van der Waals surface area contributed by atoms with E-state index in [1.807, 2.05) is 0 Å². The van der Waals surface area contributed by atoms with E-state index in [0.29, 0.717) is 0 Å². The quantitative estimate of drug-likeness (QED) is 0.164. The molecular weight excluding hydrogens is 765 g/mol. The maximum Gasteiger partial charge on any atom is 0.154 e. The maximum atomic E-state index is 6.69. The van der Waals surface area contributed by atoms with Gasteiger partial charge in [0.05, 0.1) is 22.2 Å². The van der Waals surface area contributed by atoms with Gasteiger partial charge in [-0.2, -0.15) is 0 Å². The van der Waals surface area contributed by atoms with Crippen LogP contribution >= 0.6 is 0 Å². The van der Waals surface area contributed by atoms with Gasteiger partial charge in [0.2, 0.25) is 0 Å². The summed E-state index contributed by atoms with van der Waals surface area (Å²) in [7, 11) is 0. The Morgan fingerprint density at radius 2 is 1.11 bits per heavy atom. The first-order valence-corrected chi connectivity index (χ1v) is 22.3. The summed E-state index contributed by atoms with van der Waals surface area (Å²) in [6.07, 6.45) is 15.4. The molecule has 3 nitrogen and oxygen atoms in total. The van der Waals surface area contributed by atoms with E-state index in [9.17, 15) is 0 Å². The Morgan fingerprint density at radius 3 is 1.87 bits per heavy atom. The Morgan fingerprint density at radius 1 is 0.508 bits per heavy atom. The molecule has 0 radical (unpaired) electrons. The summed E-state index contributed by atoms with van der Waals surface area (Å²) in [5.41, 5.74) is 20.5. The first kappa shape index (κ1) is 37.2. The van der Waals surface area contributed by atoms with Crippen LogP contribution in [0.25, 0.3) is 107 Å². The van der Waals surface area contributed by atoms with Crippen molar-refractivity contribution in [3.05, 3.63) is 209 Å². The molecule has 0 saturated carbocycles. The molecule has 3 heterocycles. The molecule has 12 rings (SSSR count). The van der Waals surface area contributed by atoms with E-state index in [1.165, 1.54) is 105 Å². The number of rotatable bonds is 6. The van der Waals surface area contributed by atoms with Crippen LogP contribution in [0.15, 0.2) is 180 Å². The molecule has 0 amide bonds. The summed E-state index contributed by atoms with van der Waals surface area (Å²) in [6, 6.07) is 60.5. The van der Waals surface area contributed by atoms with Gasteiger partial charge in [-0.1, -0.05) is 133 Å². The Kier molecular flexibility index (Phi) is 8.89. The highest BCUT2D eigenvalue weighted by molar-refractivity contribution is 6.11. The van der Waals surface area contributed by atoms with Crippen LogP contribution in [0, 0.1) is 0 Å². The number of hydrogen-bond acceptors (Lipinski definition) is 1. The molecule has 302 valence electrons. The fourth-order valence-corrected chi connectivity index (χ4v) is 10.4. The van der Waals surface area contributed by atoms with E-state index in [1.54, 1.807) is 0 Å². The third-order valence-corrected chi connectivity index (χ3v) is 13.4. The number of nitrogens with zero attached hydrogens (tertiary/aromatic N) is 2. The van der Waals surface area contributed by atoms with Gasteiger partial charge in [0.25, 0.3) is 0 Å². The lowest BCUT2D eigenvalue weighted by Crippen LogP contribution is -2.27. The highest BCUT2D eigenvalue weighted by Crippen LogP contribution is 2.40. The molecule has 2 aliphatic carbocycles. The normalized spacial score (nSPS) is 14.2. The predicted octanol–water partition coefficient (Wildman–Crippen LogP) is 14.4. The summed E-state index contributed by atoms with van der Waals surface area (Å²) in [4.78, 5) is 0. The molecule has 0 bridgehead atoms. The maximum absolute atomic E-state index is 6.69. The van der Waals surface area contributed by atoms with Gasteiger partial charge in [-0.15, -0.1) is 0 Å². The Labute approximate surface area is 367 Å². The fraction of sp³-hybridized carbons (Fsp3) is 0.100. The first-order valence-electron chi connectivity index (χ1n) is 22.3. The van der Waals surface area contributed by atoms with E-state index in [0.717, 1.165) is 42.6 Å². The second kappa shape index (κ2) is 15.1. The topological polar surface area (TPSA) is 23.0 Å². The van der Waals surface area contributed by atoms with Gasteiger partial charge in [0.1, 0.15) is 5.76 Å². The third-order valence-electron chi connectivity index (χ3n) is 13.4. The van der Waals surface area contributed by atoms with Gasteiger partial charge in [0.15, 0.2) is 5.42 Å². The summed E-state index contributed by atoms with van der Waals surface area (Å²) in [5, 5.41) is 4.96. The molecule has 7 aromatic carbocycles. The molecule has 0 fully saturated rings. The van der Waals surface area contributed by atoms with Gasteiger partial charge in [-0.25, -0.2) is 0 Å². The molecule has 3 aromatic heterocycles. The number of para-hydroxylation sites is 1. The summed E-state index contributed by atoms with van der Waals surface area (Å²) >= 11 is 0. The minimum atomic E-state index is 0.945. The lowest BCUT2D eigenvalue weighted by Gasteiger charge is -2.14. The smallest absolute Gasteiger partial charge is 0.154 e. The number of hydrogen-bond donors (Lipinski definition) is 0. The average molecular weight is 811 g/mol. The van der Waals surface area contributed by atoms with Crippen LogP contribution in [-0.2, 0) is 12.8 Å². The van der Waals surface area contributed by atoms with E-state index in [2.05, 4.69) is 217 Å². The van der Waals surface area contributed by atoms with Crippen molar-refractivity contribution >= 4 is 56.6 Å². The van der Waals surface area contributed by atoms with Gasteiger partial charge >= 0.3 is 0 Å². The van der Waals surface area contributed by atoms with Crippen molar-refractivity contribution in [2.45, 2.75) is 39.5 Å². The molecule has 63 heavy (non-hydrogen) atoms. The van der Waals surface area contributed by atoms with Crippen molar-refractivity contribution in [1.82, 2.24) is 9.13 Å². The highest BCUT2D eigenvalue weighted by Gasteiger charge is 2.21. The van der Waals surface area contributed by atoms with Crippen LogP contribution in [0.1, 0.15) is 49.3 Å². The number of allylic oxidation sites excluding steroid dienone is 2. The summed E-state index contributed by atoms with van der Waals surface area (Å²) in [5.74, 6) is 0.985. The van der Waals surface area contributed by atoms with Crippen molar-refractivity contribution in [1.29, 1.82) is 0 Å². The average Bonchev–Trinajstić information content (AvgIpc) is 4.01. The number of aromatic nitrogens is 2. The molecule has 10 aromatic rings.